The lowest BCUT2D eigenvalue weighted by atomic mass is 9.64. The normalized spacial score (nSPS) is 20.2. The molecule has 208 valence electrons. The molecule has 0 fully saturated rings. The van der Waals surface area contributed by atoms with Gasteiger partial charge in [-0.15, -0.1) is 0 Å². The maximum Gasteiger partial charge on any atom is 0.241 e. The first-order valence-electron chi connectivity index (χ1n) is 13.4. The predicted molar refractivity (Wildman–Crippen MR) is 165 cm³/mol. The fraction of sp³-hybridized carbons (Fsp3) is 0.229. The molecule has 0 aliphatic heterocycles. The van der Waals surface area contributed by atoms with Crippen molar-refractivity contribution in [3.63, 3.8) is 0 Å². The monoisotopic (exact) mass is 553 g/mol. The minimum absolute atomic E-state index is 0. The molecule has 4 aromatic rings. The molecule has 0 saturated carbocycles. The van der Waals surface area contributed by atoms with Crippen LogP contribution in [0.2, 0.25) is 0 Å². The van der Waals surface area contributed by atoms with Crippen molar-refractivity contribution < 1.29 is 13.2 Å². The van der Waals surface area contributed by atoms with Gasteiger partial charge in [0.15, 0.2) is 0 Å². The second-order valence-electron chi connectivity index (χ2n) is 9.57. The average Bonchev–Trinajstić information content (AvgIpc) is 2.99. The van der Waals surface area contributed by atoms with Gasteiger partial charge in [0.25, 0.3) is 0 Å². The van der Waals surface area contributed by atoms with Crippen molar-refractivity contribution in [3.8, 4) is 0 Å². The summed E-state index contributed by atoms with van der Waals surface area (Å²) >= 11 is 0. The van der Waals surface area contributed by atoms with Gasteiger partial charge in [0, 0.05) is 5.92 Å². The van der Waals surface area contributed by atoms with Crippen LogP contribution in [0.15, 0.2) is 126 Å². The van der Waals surface area contributed by atoms with Crippen molar-refractivity contribution in [2.45, 2.75) is 51.0 Å². The molecule has 4 nitrogen and oxygen atoms in total. The third-order valence-electron chi connectivity index (χ3n) is 7.21. The number of allylic oxidation sites excluding steroid dienone is 1. The molecule has 1 unspecified atom stereocenters. The first-order valence-corrected chi connectivity index (χ1v) is 14.8. The van der Waals surface area contributed by atoms with Crippen LogP contribution in [0.5, 0.6) is 0 Å². The number of benzene rings is 4. The van der Waals surface area contributed by atoms with Crippen LogP contribution in [-0.2, 0) is 20.4 Å². The fourth-order valence-corrected chi connectivity index (χ4v) is 6.71. The van der Waals surface area contributed by atoms with Gasteiger partial charge in [-0.05, 0) is 53.7 Å². The van der Waals surface area contributed by atoms with Crippen LogP contribution in [0.1, 0.15) is 55.9 Å². The highest BCUT2D eigenvalue weighted by molar-refractivity contribution is 7.89. The summed E-state index contributed by atoms with van der Waals surface area (Å²) < 4.78 is 30.8. The minimum atomic E-state index is -3.99. The van der Waals surface area contributed by atoms with E-state index in [1.54, 1.807) is 24.3 Å². The lowest BCUT2D eigenvalue weighted by Crippen LogP contribution is -2.53. The molecule has 1 aliphatic rings. The van der Waals surface area contributed by atoms with Gasteiger partial charge in [0.1, 0.15) is 6.29 Å². The van der Waals surface area contributed by atoms with Gasteiger partial charge in [0.2, 0.25) is 10.0 Å². The number of carbonyl (C=O) groups excluding carboxylic acids is 1. The van der Waals surface area contributed by atoms with E-state index in [0.29, 0.717) is 6.42 Å². The van der Waals surface area contributed by atoms with Crippen LogP contribution >= 0.6 is 0 Å². The Labute approximate surface area is 239 Å². The molecule has 1 N–H and O–H groups in total. The van der Waals surface area contributed by atoms with E-state index in [-0.39, 0.29) is 18.2 Å². The van der Waals surface area contributed by atoms with Crippen molar-refractivity contribution in [1.82, 2.24) is 4.72 Å². The second-order valence-corrected chi connectivity index (χ2v) is 11.3. The molecule has 4 aromatic carbocycles. The quantitative estimate of drug-likeness (QED) is 0.237. The Balaban J connectivity index is 0.00000144. The molecular weight excluding hydrogens is 514 g/mol. The second kappa shape index (κ2) is 13.5. The van der Waals surface area contributed by atoms with Crippen molar-refractivity contribution >= 4 is 21.9 Å². The highest BCUT2D eigenvalue weighted by Gasteiger charge is 2.49. The van der Waals surface area contributed by atoms with Gasteiger partial charge in [0.05, 0.1) is 10.4 Å². The highest BCUT2D eigenvalue weighted by atomic mass is 32.2. The Morgan fingerprint density at radius 2 is 1.30 bits per heavy atom. The number of hydrogen-bond donors (Lipinski definition) is 1. The number of rotatable bonds is 7. The van der Waals surface area contributed by atoms with Crippen LogP contribution in [-0.4, -0.2) is 14.7 Å². The van der Waals surface area contributed by atoms with Gasteiger partial charge in [-0.2, -0.15) is 4.72 Å². The van der Waals surface area contributed by atoms with Crippen molar-refractivity contribution in [3.05, 3.63) is 144 Å². The SMILES string of the molecule is C.CC.Cc1ccc(S(=O)(=O)N[C@]2(c3ccccc3)C=C(c3ccccc3)CC(c3ccccc3)[C@H]2C=O)cc1. The van der Waals surface area contributed by atoms with Crippen LogP contribution in [0, 0.1) is 12.8 Å². The molecule has 1 aliphatic carbocycles. The molecule has 0 radical (unpaired) electrons. The number of aryl methyl sites for hydroxylation is 1. The van der Waals surface area contributed by atoms with E-state index in [1.807, 2.05) is 118 Å². The van der Waals surface area contributed by atoms with Gasteiger partial charge < -0.3 is 4.79 Å². The number of aldehydes is 1. The van der Waals surface area contributed by atoms with Crippen molar-refractivity contribution in [1.29, 1.82) is 0 Å². The summed E-state index contributed by atoms with van der Waals surface area (Å²) in [6, 6.07) is 36.0. The zero-order valence-corrected chi connectivity index (χ0v) is 23.4. The number of carbonyl (C=O) groups is 1. The Bertz CT molecular complexity index is 1500. The molecule has 40 heavy (non-hydrogen) atoms. The Morgan fingerprint density at radius 3 is 1.85 bits per heavy atom. The lowest BCUT2D eigenvalue weighted by Gasteiger charge is -2.45. The molecule has 0 bridgehead atoms. The van der Waals surface area contributed by atoms with Crippen LogP contribution in [0.25, 0.3) is 5.57 Å². The van der Waals surface area contributed by atoms with E-state index in [1.165, 1.54) is 0 Å². The molecule has 5 heteroatoms. The molecule has 0 amide bonds. The summed E-state index contributed by atoms with van der Waals surface area (Å²) in [5, 5.41) is 0. The zero-order valence-electron chi connectivity index (χ0n) is 22.6. The first-order chi connectivity index (χ1) is 18.9. The summed E-state index contributed by atoms with van der Waals surface area (Å²) in [5.41, 5.74) is 3.38. The zero-order chi connectivity index (χ0) is 27.9. The summed E-state index contributed by atoms with van der Waals surface area (Å²) in [5.74, 6) is -0.912. The number of sulfonamides is 1. The largest absolute Gasteiger partial charge is 0.303 e. The van der Waals surface area contributed by atoms with E-state index in [9.17, 15) is 13.2 Å². The maximum atomic E-state index is 13.9. The summed E-state index contributed by atoms with van der Waals surface area (Å²) in [6.45, 7) is 5.91. The first kappa shape index (κ1) is 30.7. The van der Waals surface area contributed by atoms with E-state index < -0.39 is 21.5 Å². The molecule has 0 saturated heterocycles. The predicted octanol–water partition coefficient (Wildman–Crippen LogP) is 7.92. The van der Waals surface area contributed by atoms with Crippen LogP contribution in [0.4, 0.5) is 0 Å². The van der Waals surface area contributed by atoms with Crippen molar-refractivity contribution in [2.24, 2.45) is 5.92 Å². The molecule has 5 rings (SSSR count). The molecule has 0 aromatic heterocycles. The third kappa shape index (κ3) is 6.33. The van der Waals surface area contributed by atoms with Gasteiger partial charge in [-0.1, -0.05) is 136 Å². The van der Waals surface area contributed by atoms with Crippen LogP contribution < -0.4 is 4.72 Å². The topological polar surface area (TPSA) is 63.2 Å². The van der Waals surface area contributed by atoms with E-state index in [2.05, 4.69) is 4.72 Å². The van der Waals surface area contributed by atoms with Gasteiger partial charge >= 0.3 is 0 Å². The average molecular weight is 554 g/mol. The third-order valence-corrected chi connectivity index (χ3v) is 8.71. The molecule has 0 spiro atoms. The van der Waals surface area contributed by atoms with E-state index in [4.69, 9.17) is 0 Å². The number of nitrogens with one attached hydrogen (secondary N) is 1. The smallest absolute Gasteiger partial charge is 0.241 e. The highest BCUT2D eigenvalue weighted by Crippen LogP contribution is 2.49. The maximum absolute atomic E-state index is 13.9. The minimum Gasteiger partial charge on any atom is -0.303 e. The van der Waals surface area contributed by atoms with E-state index >= 15 is 0 Å². The number of hydrogen-bond acceptors (Lipinski definition) is 3. The Morgan fingerprint density at radius 1 is 0.775 bits per heavy atom. The molecular formula is C35H39NO3S. The molecule has 0 heterocycles. The van der Waals surface area contributed by atoms with Crippen LogP contribution in [0.3, 0.4) is 0 Å². The lowest BCUT2D eigenvalue weighted by molar-refractivity contribution is -0.113. The Hall–Kier alpha value is -3.80. The van der Waals surface area contributed by atoms with Gasteiger partial charge in [-0.3, -0.25) is 0 Å². The summed E-state index contributed by atoms with van der Waals surface area (Å²) in [4.78, 5) is 13.1. The summed E-state index contributed by atoms with van der Waals surface area (Å²) in [7, 11) is -3.99. The van der Waals surface area contributed by atoms with Gasteiger partial charge in [-0.25, -0.2) is 8.42 Å². The summed E-state index contributed by atoms with van der Waals surface area (Å²) in [6.07, 6.45) is 3.49. The molecule has 3 atom stereocenters. The van der Waals surface area contributed by atoms with Crippen molar-refractivity contribution in [2.75, 3.05) is 0 Å². The van der Waals surface area contributed by atoms with E-state index in [0.717, 1.165) is 34.1 Å². The Kier molecular flexibility index (Phi) is 10.4. The fourth-order valence-electron chi connectivity index (χ4n) is 5.34. The standard InChI is InChI=1S/C32H29NO3S.C2H6.CH4/c1-24-17-19-29(20-18-24)37(35,36)33-32(28-15-9-4-10-16-28)22-27(25-11-5-2-6-12-25)21-30(31(32)23-34)26-13-7-3-8-14-26;1-2;/h2-20,22-23,30-31,33H,21H2,1H3;1-2H3;1H4/t30?,31-,32+;;/m1../s1.